The summed E-state index contributed by atoms with van der Waals surface area (Å²) in [6.07, 6.45) is 3.71. The summed E-state index contributed by atoms with van der Waals surface area (Å²) < 4.78 is 0. The molecule has 2 rings (SSSR count). The van der Waals surface area contributed by atoms with Crippen LogP contribution in [0.3, 0.4) is 0 Å². The van der Waals surface area contributed by atoms with E-state index in [0.717, 1.165) is 31.2 Å². The Morgan fingerprint density at radius 1 is 1.06 bits per heavy atom. The van der Waals surface area contributed by atoms with E-state index in [1.165, 1.54) is 6.42 Å². The van der Waals surface area contributed by atoms with Crippen LogP contribution in [0, 0.1) is 35.5 Å². The maximum absolute atomic E-state index is 12.0. The van der Waals surface area contributed by atoms with E-state index in [-0.39, 0.29) is 0 Å². The van der Waals surface area contributed by atoms with Crippen LogP contribution in [0.5, 0.6) is 0 Å². The van der Waals surface area contributed by atoms with Gasteiger partial charge < -0.3 is 5.32 Å². The van der Waals surface area contributed by atoms with Gasteiger partial charge in [0.15, 0.2) is 0 Å². The van der Waals surface area contributed by atoms with E-state index in [2.05, 4.69) is 33.0 Å². The number of amides is 1. The highest BCUT2D eigenvalue weighted by atomic mass is 16.1. The fourth-order valence-corrected chi connectivity index (χ4v) is 3.53. The van der Waals surface area contributed by atoms with Gasteiger partial charge in [-0.3, -0.25) is 4.79 Å². The molecule has 0 spiro atoms. The molecule has 2 atom stereocenters. The van der Waals surface area contributed by atoms with Crippen molar-refractivity contribution >= 4 is 5.91 Å². The zero-order valence-electron chi connectivity index (χ0n) is 11.7. The summed E-state index contributed by atoms with van der Waals surface area (Å²) in [6, 6.07) is 0. The van der Waals surface area contributed by atoms with Gasteiger partial charge in [-0.05, 0) is 48.9 Å². The number of hydrogen-bond donors (Lipinski definition) is 1. The molecule has 1 amide bonds. The lowest BCUT2D eigenvalue weighted by Gasteiger charge is -2.26. The summed E-state index contributed by atoms with van der Waals surface area (Å²) in [6.45, 7) is 9.87. The lowest BCUT2D eigenvalue weighted by Crippen LogP contribution is -2.37. The number of nitrogens with one attached hydrogen (secondary N) is 1. The minimum atomic E-state index is 0.323. The Morgan fingerprint density at radius 2 is 1.59 bits per heavy atom. The van der Waals surface area contributed by atoms with Gasteiger partial charge in [0.1, 0.15) is 0 Å². The summed E-state index contributed by atoms with van der Waals surface area (Å²) in [7, 11) is 0. The molecule has 2 saturated carbocycles. The van der Waals surface area contributed by atoms with Gasteiger partial charge in [0.25, 0.3) is 0 Å². The molecule has 0 aliphatic heterocycles. The van der Waals surface area contributed by atoms with Crippen molar-refractivity contribution in [3.63, 3.8) is 0 Å². The normalized spacial score (nSPS) is 31.1. The van der Waals surface area contributed by atoms with Gasteiger partial charge in [-0.2, -0.15) is 0 Å². The third-order valence-electron chi connectivity index (χ3n) is 4.84. The number of carbonyl (C=O) groups excluding carboxylic acids is 1. The molecular formula is C15H27NO. The minimum absolute atomic E-state index is 0.323. The monoisotopic (exact) mass is 237 g/mol. The third-order valence-corrected chi connectivity index (χ3v) is 4.84. The van der Waals surface area contributed by atoms with Crippen LogP contribution in [-0.2, 0) is 4.79 Å². The Morgan fingerprint density at radius 3 is 2.06 bits per heavy atom. The topological polar surface area (TPSA) is 29.1 Å². The number of fused-ring (bicyclic) bond motifs is 1. The Hall–Kier alpha value is -0.530. The van der Waals surface area contributed by atoms with Crippen molar-refractivity contribution in [2.45, 2.75) is 47.0 Å². The average Bonchev–Trinajstić information content (AvgIpc) is 2.84. The van der Waals surface area contributed by atoms with Crippen molar-refractivity contribution < 1.29 is 4.79 Å². The van der Waals surface area contributed by atoms with Crippen molar-refractivity contribution in [3.8, 4) is 0 Å². The summed E-state index contributed by atoms with van der Waals surface area (Å²) in [5, 5.41) is 3.19. The van der Waals surface area contributed by atoms with Gasteiger partial charge in [-0.25, -0.2) is 0 Å². The standard InChI is InChI=1S/C15H27NO/c1-9(2)14(10(3)4)8-16-15(17)13-6-11-5-12(11)7-13/h9-14H,5-8H2,1-4H3,(H,16,17). The highest BCUT2D eigenvalue weighted by molar-refractivity contribution is 5.79. The van der Waals surface area contributed by atoms with E-state index in [9.17, 15) is 4.79 Å². The Balaban J connectivity index is 1.74. The molecule has 0 saturated heterocycles. The molecule has 0 aromatic heterocycles. The maximum Gasteiger partial charge on any atom is 0.223 e. The molecule has 2 unspecified atom stereocenters. The zero-order chi connectivity index (χ0) is 12.6. The van der Waals surface area contributed by atoms with Crippen LogP contribution in [0.2, 0.25) is 0 Å². The zero-order valence-corrected chi connectivity index (χ0v) is 11.7. The quantitative estimate of drug-likeness (QED) is 0.782. The smallest absolute Gasteiger partial charge is 0.223 e. The van der Waals surface area contributed by atoms with Crippen molar-refractivity contribution in [1.82, 2.24) is 5.32 Å². The largest absolute Gasteiger partial charge is 0.356 e. The van der Waals surface area contributed by atoms with Crippen molar-refractivity contribution in [2.75, 3.05) is 6.54 Å². The SMILES string of the molecule is CC(C)C(CNC(=O)C1CC2CC2C1)C(C)C. The lowest BCUT2D eigenvalue weighted by atomic mass is 9.85. The van der Waals surface area contributed by atoms with Crippen LogP contribution >= 0.6 is 0 Å². The van der Waals surface area contributed by atoms with E-state index in [0.29, 0.717) is 29.6 Å². The Kier molecular flexibility index (Phi) is 3.79. The molecule has 0 radical (unpaired) electrons. The molecule has 17 heavy (non-hydrogen) atoms. The first-order chi connectivity index (χ1) is 7.99. The van der Waals surface area contributed by atoms with Gasteiger partial charge in [-0.15, -0.1) is 0 Å². The van der Waals surface area contributed by atoms with E-state index < -0.39 is 0 Å². The van der Waals surface area contributed by atoms with Gasteiger partial charge in [-0.1, -0.05) is 27.7 Å². The second kappa shape index (κ2) is 4.99. The minimum Gasteiger partial charge on any atom is -0.356 e. The second-order valence-electron chi connectivity index (χ2n) is 6.82. The first-order valence-electron chi connectivity index (χ1n) is 7.26. The fourth-order valence-electron chi connectivity index (χ4n) is 3.53. The molecule has 2 heteroatoms. The van der Waals surface area contributed by atoms with Crippen LogP contribution in [0.4, 0.5) is 0 Å². The third kappa shape index (κ3) is 3.02. The highest BCUT2D eigenvalue weighted by Gasteiger charge is 2.47. The molecule has 0 bridgehead atoms. The molecule has 98 valence electrons. The maximum atomic E-state index is 12.0. The molecule has 0 aromatic rings. The predicted molar refractivity (Wildman–Crippen MR) is 70.5 cm³/mol. The molecule has 0 aromatic carbocycles. The summed E-state index contributed by atoms with van der Waals surface area (Å²) in [4.78, 5) is 12.0. The summed E-state index contributed by atoms with van der Waals surface area (Å²) in [5.41, 5.74) is 0. The number of rotatable bonds is 5. The lowest BCUT2D eigenvalue weighted by molar-refractivity contribution is -0.125. The van der Waals surface area contributed by atoms with Crippen LogP contribution in [0.25, 0.3) is 0 Å². The first kappa shape index (κ1) is 12.9. The molecule has 1 N–H and O–H groups in total. The molecule has 2 aliphatic rings. The Labute approximate surface area is 106 Å². The van der Waals surface area contributed by atoms with Gasteiger partial charge >= 0.3 is 0 Å². The van der Waals surface area contributed by atoms with E-state index in [1.807, 2.05) is 0 Å². The number of hydrogen-bond acceptors (Lipinski definition) is 1. The van der Waals surface area contributed by atoms with Crippen LogP contribution < -0.4 is 5.32 Å². The van der Waals surface area contributed by atoms with E-state index in [4.69, 9.17) is 0 Å². The summed E-state index contributed by atoms with van der Waals surface area (Å²) >= 11 is 0. The van der Waals surface area contributed by atoms with Crippen LogP contribution in [0.15, 0.2) is 0 Å². The van der Waals surface area contributed by atoms with Gasteiger partial charge in [0, 0.05) is 12.5 Å². The van der Waals surface area contributed by atoms with Crippen LogP contribution in [-0.4, -0.2) is 12.5 Å². The van der Waals surface area contributed by atoms with Crippen molar-refractivity contribution in [3.05, 3.63) is 0 Å². The number of carbonyl (C=O) groups is 1. The molecular weight excluding hydrogens is 210 g/mol. The fraction of sp³-hybridized carbons (Fsp3) is 0.933. The highest BCUT2D eigenvalue weighted by Crippen LogP contribution is 2.54. The molecule has 2 aliphatic carbocycles. The second-order valence-corrected chi connectivity index (χ2v) is 6.82. The summed E-state index contributed by atoms with van der Waals surface area (Å²) in [5.74, 6) is 4.35. The predicted octanol–water partition coefficient (Wildman–Crippen LogP) is 3.08. The first-order valence-corrected chi connectivity index (χ1v) is 7.26. The van der Waals surface area contributed by atoms with Crippen molar-refractivity contribution in [1.29, 1.82) is 0 Å². The van der Waals surface area contributed by atoms with Crippen molar-refractivity contribution in [2.24, 2.45) is 35.5 Å². The average molecular weight is 237 g/mol. The van der Waals surface area contributed by atoms with Gasteiger partial charge in [0.05, 0.1) is 0 Å². The molecule has 2 nitrogen and oxygen atoms in total. The van der Waals surface area contributed by atoms with Crippen LogP contribution in [0.1, 0.15) is 47.0 Å². The molecule has 0 heterocycles. The van der Waals surface area contributed by atoms with E-state index in [1.54, 1.807) is 0 Å². The van der Waals surface area contributed by atoms with Gasteiger partial charge in [0.2, 0.25) is 5.91 Å². The Bertz CT molecular complexity index is 267. The molecule has 2 fully saturated rings. The van der Waals surface area contributed by atoms with E-state index >= 15 is 0 Å².